The van der Waals surface area contributed by atoms with Gasteiger partial charge >= 0.3 is 12.2 Å². The fourth-order valence-corrected chi connectivity index (χ4v) is 2.61. The van der Waals surface area contributed by atoms with Crippen molar-refractivity contribution >= 4 is 11.5 Å². The molecule has 0 aliphatic heterocycles. The van der Waals surface area contributed by atoms with Crippen LogP contribution in [0.1, 0.15) is 44.7 Å². The summed E-state index contributed by atoms with van der Waals surface area (Å²) in [5, 5.41) is 0. The van der Waals surface area contributed by atoms with E-state index in [0.717, 1.165) is 31.0 Å². The van der Waals surface area contributed by atoms with E-state index in [2.05, 4.69) is 16.9 Å². The van der Waals surface area contributed by atoms with Crippen LogP contribution >= 0.6 is 0 Å². The molecule has 4 nitrogen and oxygen atoms in total. The Morgan fingerprint density at radius 2 is 1.88 bits per heavy atom. The highest BCUT2D eigenvalue weighted by molar-refractivity contribution is 5.66. The highest BCUT2D eigenvalue weighted by Crippen LogP contribution is 2.38. The molecule has 0 saturated carbocycles. The molecular formula is C19H24F3N3O. The molecule has 0 amide bonds. The van der Waals surface area contributed by atoms with E-state index in [1.54, 1.807) is 33.0 Å². The van der Waals surface area contributed by atoms with Crippen molar-refractivity contribution < 1.29 is 17.9 Å². The number of para-hydroxylation sites is 1. The molecule has 0 atom stereocenters. The van der Waals surface area contributed by atoms with Gasteiger partial charge in [-0.2, -0.15) is 18.2 Å². The zero-order valence-corrected chi connectivity index (χ0v) is 15.5. The number of aromatic nitrogens is 2. The Morgan fingerprint density at radius 1 is 1.19 bits per heavy atom. The van der Waals surface area contributed by atoms with E-state index in [1.165, 1.54) is 4.90 Å². The molecule has 1 aromatic carbocycles. The second kappa shape index (κ2) is 8.38. The Kier molecular flexibility index (Phi) is 6.45. The summed E-state index contributed by atoms with van der Waals surface area (Å²) < 4.78 is 45.8. The van der Waals surface area contributed by atoms with E-state index in [1.807, 2.05) is 12.1 Å². The normalized spacial score (nSPS) is 11.7. The molecule has 142 valence electrons. The molecule has 0 bridgehead atoms. The van der Waals surface area contributed by atoms with Crippen molar-refractivity contribution in [3.63, 3.8) is 0 Å². The smallest absolute Gasteiger partial charge is 0.421 e. The fourth-order valence-electron chi connectivity index (χ4n) is 2.61. The molecule has 0 fully saturated rings. The van der Waals surface area contributed by atoms with Crippen molar-refractivity contribution in [2.45, 2.75) is 52.3 Å². The van der Waals surface area contributed by atoms with Gasteiger partial charge in [0, 0.05) is 18.9 Å². The molecule has 0 saturated heterocycles. The molecule has 7 heteroatoms. The molecule has 1 aromatic heterocycles. The Morgan fingerprint density at radius 3 is 2.50 bits per heavy atom. The number of anilines is 2. The van der Waals surface area contributed by atoms with E-state index in [-0.39, 0.29) is 17.9 Å². The summed E-state index contributed by atoms with van der Waals surface area (Å²) in [5.41, 5.74) is 0.789. The van der Waals surface area contributed by atoms with Gasteiger partial charge < -0.3 is 9.64 Å². The van der Waals surface area contributed by atoms with Gasteiger partial charge in [0.2, 0.25) is 0 Å². The van der Waals surface area contributed by atoms with E-state index >= 15 is 0 Å². The van der Waals surface area contributed by atoms with Crippen LogP contribution in [0.15, 0.2) is 30.5 Å². The minimum absolute atomic E-state index is 0.0686. The Balaban J connectivity index is 2.51. The largest absolute Gasteiger partial charge is 0.461 e. The van der Waals surface area contributed by atoms with Crippen LogP contribution in [0.3, 0.4) is 0 Å². The molecule has 0 spiro atoms. The lowest BCUT2D eigenvalue weighted by Crippen LogP contribution is -2.21. The van der Waals surface area contributed by atoms with Gasteiger partial charge in [-0.05, 0) is 38.3 Å². The van der Waals surface area contributed by atoms with Crippen molar-refractivity contribution in [2.75, 3.05) is 11.9 Å². The number of ether oxygens (including phenoxy) is 1. The van der Waals surface area contributed by atoms with Crippen molar-refractivity contribution in [1.29, 1.82) is 0 Å². The third kappa shape index (κ3) is 4.86. The van der Waals surface area contributed by atoms with Crippen LogP contribution < -0.4 is 9.64 Å². The van der Waals surface area contributed by atoms with Crippen LogP contribution in [0.25, 0.3) is 0 Å². The Labute approximate surface area is 152 Å². The maximum atomic E-state index is 13.5. The summed E-state index contributed by atoms with van der Waals surface area (Å²) in [5.74, 6) is -0.216. The molecule has 2 aromatic rings. The predicted molar refractivity (Wildman–Crippen MR) is 95.9 cm³/mol. The molecular weight excluding hydrogens is 343 g/mol. The topological polar surface area (TPSA) is 38.2 Å². The molecule has 26 heavy (non-hydrogen) atoms. The number of halogens is 3. The van der Waals surface area contributed by atoms with Crippen molar-refractivity contribution in [3.8, 4) is 6.01 Å². The molecule has 0 aliphatic rings. The standard InChI is InChI=1S/C19H24F3N3O/c1-5-6-9-14-10-7-8-11-16(14)25(4)17-15(19(20,21)22)12-23-18(24-17)26-13(2)3/h7-8,10-13H,5-6,9H2,1-4H3. The number of aryl methyl sites for hydroxylation is 1. The van der Waals surface area contributed by atoms with Crippen LogP contribution in [0, 0.1) is 0 Å². The molecule has 0 aliphatic carbocycles. The van der Waals surface area contributed by atoms with Gasteiger partial charge in [0.25, 0.3) is 0 Å². The molecule has 1 heterocycles. The summed E-state index contributed by atoms with van der Waals surface area (Å²) in [6.07, 6.45) is -1.25. The summed E-state index contributed by atoms with van der Waals surface area (Å²) >= 11 is 0. The number of hydrogen-bond acceptors (Lipinski definition) is 4. The molecule has 0 unspecified atom stereocenters. The van der Waals surface area contributed by atoms with Gasteiger partial charge in [-0.25, -0.2) is 4.98 Å². The minimum atomic E-state index is -4.56. The molecule has 0 N–H and O–H groups in total. The number of nitrogens with zero attached hydrogens (tertiary/aromatic N) is 3. The van der Waals surface area contributed by atoms with E-state index in [0.29, 0.717) is 5.69 Å². The second-order valence-corrected chi connectivity index (χ2v) is 6.35. The maximum Gasteiger partial charge on any atom is 0.421 e. The molecule has 0 radical (unpaired) electrons. The van der Waals surface area contributed by atoms with E-state index in [9.17, 15) is 13.2 Å². The first-order valence-corrected chi connectivity index (χ1v) is 8.66. The van der Waals surface area contributed by atoms with E-state index in [4.69, 9.17) is 4.74 Å². The highest BCUT2D eigenvalue weighted by Gasteiger charge is 2.37. The zero-order valence-electron chi connectivity index (χ0n) is 15.5. The first kappa shape index (κ1) is 20.0. The fraction of sp³-hybridized carbons (Fsp3) is 0.474. The maximum absolute atomic E-state index is 13.5. The van der Waals surface area contributed by atoms with Crippen LogP contribution in [0.5, 0.6) is 6.01 Å². The Hall–Kier alpha value is -2.31. The van der Waals surface area contributed by atoms with Crippen LogP contribution in [0.2, 0.25) is 0 Å². The second-order valence-electron chi connectivity index (χ2n) is 6.35. The number of rotatable bonds is 7. The quantitative estimate of drug-likeness (QED) is 0.657. The third-order valence-electron chi connectivity index (χ3n) is 3.86. The average Bonchev–Trinajstić information content (AvgIpc) is 2.58. The number of hydrogen-bond donors (Lipinski definition) is 0. The lowest BCUT2D eigenvalue weighted by molar-refractivity contribution is -0.137. The Bertz CT molecular complexity index is 732. The van der Waals surface area contributed by atoms with Gasteiger partial charge in [0.05, 0.1) is 6.10 Å². The van der Waals surface area contributed by atoms with Crippen LogP contribution in [-0.4, -0.2) is 23.1 Å². The SMILES string of the molecule is CCCCc1ccccc1N(C)c1nc(OC(C)C)ncc1C(F)(F)F. The number of alkyl halides is 3. The summed E-state index contributed by atoms with van der Waals surface area (Å²) in [6.45, 7) is 5.61. The molecule has 2 rings (SSSR count). The summed E-state index contributed by atoms with van der Waals surface area (Å²) in [7, 11) is 1.58. The number of benzene rings is 1. The van der Waals surface area contributed by atoms with Gasteiger partial charge in [0.15, 0.2) is 5.82 Å². The lowest BCUT2D eigenvalue weighted by Gasteiger charge is -2.25. The summed E-state index contributed by atoms with van der Waals surface area (Å²) in [6, 6.07) is 7.36. The van der Waals surface area contributed by atoms with Crippen molar-refractivity contribution in [1.82, 2.24) is 9.97 Å². The van der Waals surface area contributed by atoms with Gasteiger partial charge in [-0.3, -0.25) is 0 Å². The third-order valence-corrected chi connectivity index (χ3v) is 3.86. The van der Waals surface area contributed by atoms with Crippen LogP contribution in [0.4, 0.5) is 24.7 Å². The van der Waals surface area contributed by atoms with Crippen molar-refractivity contribution in [3.05, 3.63) is 41.6 Å². The summed E-state index contributed by atoms with van der Waals surface area (Å²) in [4.78, 5) is 9.22. The average molecular weight is 367 g/mol. The first-order valence-electron chi connectivity index (χ1n) is 8.66. The minimum Gasteiger partial charge on any atom is -0.461 e. The highest BCUT2D eigenvalue weighted by atomic mass is 19.4. The van der Waals surface area contributed by atoms with E-state index < -0.39 is 11.7 Å². The van der Waals surface area contributed by atoms with Crippen molar-refractivity contribution in [2.24, 2.45) is 0 Å². The zero-order chi connectivity index (χ0) is 19.3. The van der Waals surface area contributed by atoms with Crippen LogP contribution in [-0.2, 0) is 12.6 Å². The predicted octanol–water partition coefficient (Wildman–Crippen LogP) is 5.39. The first-order chi connectivity index (χ1) is 12.2. The number of unbranched alkanes of at least 4 members (excludes halogenated alkanes) is 1. The van der Waals surface area contributed by atoms with Gasteiger partial charge in [-0.15, -0.1) is 0 Å². The monoisotopic (exact) mass is 367 g/mol. The van der Waals surface area contributed by atoms with Gasteiger partial charge in [-0.1, -0.05) is 31.5 Å². The van der Waals surface area contributed by atoms with Gasteiger partial charge in [0.1, 0.15) is 5.56 Å². The lowest BCUT2D eigenvalue weighted by atomic mass is 10.1.